The zero-order valence-electron chi connectivity index (χ0n) is 11.1. The molecule has 2 aromatic rings. The summed E-state index contributed by atoms with van der Waals surface area (Å²) in [5, 5.41) is 0. The molecule has 0 amide bonds. The first-order chi connectivity index (χ1) is 9.36. The monoisotopic (exact) mass is 256 g/mol. The van der Waals surface area contributed by atoms with Gasteiger partial charge in [-0.15, -0.1) is 0 Å². The van der Waals surface area contributed by atoms with Crippen molar-refractivity contribution in [1.29, 1.82) is 0 Å². The second-order valence-corrected chi connectivity index (χ2v) is 5.02. The number of aromatic nitrogens is 2. The van der Waals surface area contributed by atoms with Crippen molar-refractivity contribution in [1.82, 2.24) is 9.55 Å². The lowest BCUT2D eigenvalue weighted by atomic mass is 10.2. The molecule has 0 radical (unpaired) electrons. The number of nitrogens with zero attached hydrogens (tertiary/aromatic N) is 3. The fraction of sp³-hybridized carbons (Fsp3) is 0.400. The predicted molar refractivity (Wildman–Crippen MR) is 77.8 cm³/mol. The van der Waals surface area contributed by atoms with Gasteiger partial charge < -0.3 is 15.2 Å². The smallest absolute Gasteiger partial charge is 0.0995 e. The van der Waals surface area contributed by atoms with Crippen molar-refractivity contribution in [3.05, 3.63) is 42.5 Å². The number of imidazole rings is 1. The number of hydrogen-bond donors (Lipinski definition) is 1. The van der Waals surface area contributed by atoms with E-state index >= 15 is 0 Å². The summed E-state index contributed by atoms with van der Waals surface area (Å²) < 4.78 is 2.05. The highest BCUT2D eigenvalue weighted by molar-refractivity contribution is 5.51. The molecule has 1 aromatic carbocycles. The summed E-state index contributed by atoms with van der Waals surface area (Å²) in [6, 6.07) is 8.70. The van der Waals surface area contributed by atoms with Crippen LogP contribution in [0.25, 0.3) is 5.69 Å². The highest BCUT2D eigenvalue weighted by Crippen LogP contribution is 2.21. The highest BCUT2D eigenvalue weighted by atomic mass is 15.1. The van der Waals surface area contributed by atoms with Gasteiger partial charge >= 0.3 is 0 Å². The number of anilines is 1. The lowest BCUT2D eigenvalue weighted by molar-refractivity contribution is 0.934. The van der Waals surface area contributed by atoms with Crippen LogP contribution in [0.15, 0.2) is 36.8 Å². The molecule has 100 valence electrons. The van der Waals surface area contributed by atoms with Crippen LogP contribution in [0, 0.1) is 0 Å². The first-order valence-corrected chi connectivity index (χ1v) is 6.95. The molecule has 2 heterocycles. The molecule has 1 aliphatic heterocycles. The third kappa shape index (κ3) is 2.63. The van der Waals surface area contributed by atoms with Crippen molar-refractivity contribution >= 4 is 5.69 Å². The summed E-state index contributed by atoms with van der Waals surface area (Å²) in [5.41, 5.74) is 9.07. The van der Waals surface area contributed by atoms with E-state index in [0.29, 0.717) is 6.54 Å². The van der Waals surface area contributed by atoms with E-state index in [1.54, 1.807) is 0 Å². The maximum atomic E-state index is 5.54. The molecule has 0 unspecified atom stereocenters. The van der Waals surface area contributed by atoms with Crippen LogP contribution in [0.5, 0.6) is 0 Å². The second kappa shape index (κ2) is 5.45. The summed E-state index contributed by atoms with van der Waals surface area (Å²) in [6.45, 7) is 3.01. The Morgan fingerprint density at radius 2 is 1.74 bits per heavy atom. The van der Waals surface area contributed by atoms with Crippen LogP contribution in [0.4, 0.5) is 5.69 Å². The van der Waals surface area contributed by atoms with Gasteiger partial charge in [0.1, 0.15) is 0 Å². The molecule has 1 fully saturated rings. The molecule has 1 aliphatic rings. The Balaban J connectivity index is 1.77. The van der Waals surface area contributed by atoms with Crippen molar-refractivity contribution in [2.75, 3.05) is 24.5 Å². The molecular weight excluding hydrogens is 236 g/mol. The summed E-state index contributed by atoms with van der Waals surface area (Å²) >= 11 is 0. The minimum atomic E-state index is 0.644. The van der Waals surface area contributed by atoms with Crippen molar-refractivity contribution in [2.45, 2.75) is 19.3 Å². The van der Waals surface area contributed by atoms with Gasteiger partial charge in [0, 0.05) is 37.1 Å². The van der Waals surface area contributed by atoms with Gasteiger partial charge in [0.2, 0.25) is 0 Å². The first-order valence-electron chi connectivity index (χ1n) is 6.95. The van der Waals surface area contributed by atoms with Crippen LogP contribution >= 0.6 is 0 Å². The van der Waals surface area contributed by atoms with Crippen LogP contribution in [0.1, 0.15) is 18.5 Å². The zero-order chi connectivity index (χ0) is 13.1. The van der Waals surface area contributed by atoms with Gasteiger partial charge in [-0.25, -0.2) is 4.98 Å². The van der Waals surface area contributed by atoms with Crippen molar-refractivity contribution < 1.29 is 0 Å². The standard InChI is InChI=1S/C15H20N4/c16-8-7-13-11-19(12-17-13)15-5-3-14(4-6-15)18-9-1-2-10-18/h3-6,11-12H,1-2,7-10,16H2. The quantitative estimate of drug-likeness (QED) is 0.910. The number of nitrogens with two attached hydrogens (primary N) is 1. The third-order valence-electron chi connectivity index (χ3n) is 3.66. The molecule has 19 heavy (non-hydrogen) atoms. The Morgan fingerprint density at radius 3 is 2.42 bits per heavy atom. The van der Waals surface area contributed by atoms with Crippen molar-refractivity contribution in [3.8, 4) is 5.69 Å². The normalized spacial score (nSPS) is 15.1. The van der Waals surface area contributed by atoms with E-state index < -0.39 is 0 Å². The van der Waals surface area contributed by atoms with Gasteiger partial charge in [-0.1, -0.05) is 0 Å². The SMILES string of the molecule is NCCc1cn(-c2ccc(N3CCCC3)cc2)cn1. The molecule has 0 bridgehead atoms. The van der Waals surface area contributed by atoms with Crippen LogP contribution in [-0.4, -0.2) is 29.2 Å². The van der Waals surface area contributed by atoms with E-state index in [1.807, 2.05) is 6.33 Å². The van der Waals surface area contributed by atoms with Crippen molar-refractivity contribution in [2.24, 2.45) is 5.73 Å². The number of hydrogen-bond acceptors (Lipinski definition) is 3. The van der Waals surface area contributed by atoms with Gasteiger partial charge in [-0.05, 0) is 43.7 Å². The first kappa shape index (κ1) is 12.2. The predicted octanol–water partition coefficient (Wildman–Crippen LogP) is 1.97. The van der Waals surface area contributed by atoms with Crippen LogP contribution < -0.4 is 10.6 Å². The fourth-order valence-electron chi connectivity index (χ4n) is 2.59. The van der Waals surface area contributed by atoms with E-state index in [2.05, 4.69) is 44.9 Å². The second-order valence-electron chi connectivity index (χ2n) is 5.02. The summed E-state index contributed by atoms with van der Waals surface area (Å²) in [4.78, 5) is 6.80. The fourth-order valence-corrected chi connectivity index (χ4v) is 2.59. The Bertz CT molecular complexity index is 523. The minimum absolute atomic E-state index is 0.644. The third-order valence-corrected chi connectivity index (χ3v) is 3.66. The molecule has 3 rings (SSSR count). The molecule has 4 nitrogen and oxygen atoms in total. The van der Waals surface area contributed by atoms with E-state index in [1.165, 1.54) is 31.6 Å². The average molecular weight is 256 g/mol. The van der Waals surface area contributed by atoms with E-state index in [-0.39, 0.29) is 0 Å². The zero-order valence-corrected chi connectivity index (χ0v) is 11.1. The Kier molecular flexibility index (Phi) is 3.51. The summed E-state index contributed by atoms with van der Waals surface area (Å²) in [7, 11) is 0. The lowest BCUT2D eigenvalue weighted by Crippen LogP contribution is -2.17. The molecule has 0 atom stereocenters. The van der Waals surface area contributed by atoms with Crippen molar-refractivity contribution in [3.63, 3.8) is 0 Å². The van der Waals surface area contributed by atoms with E-state index in [9.17, 15) is 0 Å². The van der Waals surface area contributed by atoms with Crippen LogP contribution in [0.2, 0.25) is 0 Å². The van der Waals surface area contributed by atoms with Crippen LogP contribution in [0.3, 0.4) is 0 Å². The topological polar surface area (TPSA) is 47.1 Å². The minimum Gasteiger partial charge on any atom is -0.372 e. The molecule has 1 aromatic heterocycles. The van der Waals surface area contributed by atoms with Gasteiger partial charge in [0.15, 0.2) is 0 Å². The Morgan fingerprint density at radius 1 is 1.05 bits per heavy atom. The largest absolute Gasteiger partial charge is 0.372 e. The maximum absolute atomic E-state index is 5.54. The van der Waals surface area contributed by atoms with Gasteiger partial charge in [-0.3, -0.25) is 0 Å². The molecule has 4 heteroatoms. The molecular formula is C15H20N4. The molecule has 0 aliphatic carbocycles. The van der Waals surface area contributed by atoms with Gasteiger partial charge in [0.05, 0.1) is 12.0 Å². The lowest BCUT2D eigenvalue weighted by Gasteiger charge is -2.17. The maximum Gasteiger partial charge on any atom is 0.0995 e. The Labute approximate surface area is 113 Å². The average Bonchev–Trinajstić information content (AvgIpc) is 3.10. The Hall–Kier alpha value is -1.81. The molecule has 0 spiro atoms. The highest BCUT2D eigenvalue weighted by Gasteiger charge is 2.11. The van der Waals surface area contributed by atoms with E-state index in [4.69, 9.17) is 5.73 Å². The van der Waals surface area contributed by atoms with E-state index in [0.717, 1.165) is 17.8 Å². The van der Waals surface area contributed by atoms with Gasteiger partial charge in [-0.2, -0.15) is 0 Å². The van der Waals surface area contributed by atoms with Crippen LogP contribution in [-0.2, 0) is 6.42 Å². The summed E-state index contributed by atoms with van der Waals surface area (Å²) in [6.07, 6.45) is 7.36. The number of rotatable bonds is 4. The molecule has 1 saturated heterocycles. The van der Waals surface area contributed by atoms with Gasteiger partial charge in [0.25, 0.3) is 0 Å². The molecule has 0 saturated carbocycles. The number of benzene rings is 1. The summed E-state index contributed by atoms with van der Waals surface area (Å²) in [5.74, 6) is 0. The molecule has 2 N–H and O–H groups in total.